The minimum atomic E-state index is -3.34. The molecule has 13 heteroatoms. The highest BCUT2D eigenvalue weighted by Gasteiger charge is 2.57. The maximum absolute atomic E-state index is 12.8. The molecule has 3 aromatic rings. The summed E-state index contributed by atoms with van der Waals surface area (Å²) < 4.78 is 50.1. The van der Waals surface area contributed by atoms with Gasteiger partial charge in [-0.2, -0.15) is 10.2 Å². The molecule has 222 valence electrons. The Morgan fingerprint density at radius 1 is 1.12 bits per heavy atom. The lowest BCUT2D eigenvalue weighted by molar-refractivity contribution is -0.202. The number of rotatable bonds is 10. The van der Waals surface area contributed by atoms with Crippen LogP contribution in [0.2, 0.25) is 0 Å². The van der Waals surface area contributed by atoms with Gasteiger partial charge in [-0.25, -0.2) is 4.68 Å². The molecule has 7 rings (SSSR count). The van der Waals surface area contributed by atoms with Crippen LogP contribution in [0.15, 0.2) is 30.5 Å². The van der Waals surface area contributed by atoms with Crippen molar-refractivity contribution in [3.05, 3.63) is 41.6 Å². The summed E-state index contributed by atoms with van der Waals surface area (Å²) in [6.45, 7) is 9.86. The van der Waals surface area contributed by atoms with Gasteiger partial charge in [0.1, 0.15) is 24.7 Å². The number of anilines is 1. The van der Waals surface area contributed by atoms with Crippen molar-refractivity contribution >= 4 is 24.4 Å². The molecule has 0 saturated carbocycles. The van der Waals surface area contributed by atoms with E-state index in [0.717, 1.165) is 36.4 Å². The third-order valence-electron chi connectivity index (χ3n) is 8.60. The average Bonchev–Trinajstić information content (AvgIpc) is 3.70. The molecular formula is C28H38N5O7P. The lowest BCUT2D eigenvalue weighted by Crippen LogP contribution is -2.58. The highest BCUT2D eigenvalue weighted by molar-refractivity contribution is 7.53. The van der Waals surface area contributed by atoms with Gasteiger partial charge in [0.15, 0.2) is 23.5 Å². The van der Waals surface area contributed by atoms with Gasteiger partial charge < -0.3 is 32.9 Å². The first-order valence-corrected chi connectivity index (χ1v) is 16.2. The highest BCUT2D eigenvalue weighted by Crippen LogP contribution is 2.50. The van der Waals surface area contributed by atoms with E-state index in [0.29, 0.717) is 0 Å². The lowest BCUT2D eigenvalue weighted by atomic mass is 9.75. The van der Waals surface area contributed by atoms with Crippen LogP contribution in [0.5, 0.6) is 0 Å². The Kier molecular flexibility index (Phi) is 6.81. The molecule has 0 unspecified atom stereocenters. The molecule has 0 bridgehead atoms. The smallest absolute Gasteiger partial charge is 0.356 e. The maximum Gasteiger partial charge on any atom is 0.356 e. The minimum absolute atomic E-state index is 0.136. The summed E-state index contributed by atoms with van der Waals surface area (Å²) in [7, 11) is -3.34. The van der Waals surface area contributed by atoms with Crippen molar-refractivity contribution in [1.29, 1.82) is 0 Å². The summed E-state index contributed by atoms with van der Waals surface area (Å²) in [6.07, 6.45) is 2.14. The molecule has 3 saturated heterocycles. The Bertz CT molecular complexity index is 1460. The molecule has 4 aliphatic rings. The lowest BCUT2D eigenvalue weighted by Gasteiger charge is -2.49. The fourth-order valence-electron chi connectivity index (χ4n) is 6.94. The first-order chi connectivity index (χ1) is 19.7. The number of benzene rings is 1. The monoisotopic (exact) mass is 587 g/mol. The molecule has 0 amide bonds. The summed E-state index contributed by atoms with van der Waals surface area (Å²) >= 11 is 0. The topological polar surface area (TPSA) is 122 Å². The molecule has 41 heavy (non-hydrogen) atoms. The normalized spacial score (nSPS) is 28.0. The van der Waals surface area contributed by atoms with Crippen molar-refractivity contribution in [2.75, 3.05) is 44.2 Å². The van der Waals surface area contributed by atoms with Crippen molar-refractivity contribution in [3.8, 4) is 0 Å². The molecule has 2 aromatic heterocycles. The van der Waals surface area contributed by atoms with Gasteiger partial charge >= 0.3 is 7.60 Å². The number of hydrogen-bond acceptors (Lipinski definition) is 10. The molecule has 0 radical (unpaired) electrons. The summed E-state index contributed by atoms with van der Waals surface area (Å²) in [6, 6.07) is 8.81. The van der Waals surface area contributed by atoms with E-state index in [9.17, 15) is 4.57 Å². The highest BCUT2D eigenvalue weighted by atomic mass is 31.2. The van der Waals surface area contributed by atoms with Gasteiger partial charge in [-0.15, -0.1) is 0 Å². The van der Waals surface area contributed by atoms with Crippen molar-refractivity contribution in [1.82, 2.24) is 20.0 Å². The van der Waals surface area contributed by atoms with Crippen molar-refractivity contribution in [3.63, 3.8) is 0 Å². The van der Waals surface area contributed by atoms with Gasteiger partial charge in [0.25, 0.3) is 0 Å². The number of H-pyrrole nitrogens is 1. The predicted octanol–water partition coefficient (Wildman–Crippen LogP) is 4.12. The van der Waals surface area contributed by atoms with Gasteiger partial charge in [-0.05, 0) is 51.7 Å². The summed E-state index contributed by atoms with van der Waals surface area (Å²) in [5.74, 6) is 0.110. The van der Waals surface area contributed by atoms with E-state index in [-0.39, 0.29) is 31.6 Å². The maximum atomic E-state index is 12.8. The van der Waals surface area contributed by atoms with Crippen LogP contribution in [0.3, 0.4) is 0 Å². The van der Waals surface area contributed by atoms with Crippen LogP contribution in [0, 0.1) is 0 Å². The molecule has 1 aromatic carbocycles. The Balaban J connectivity index is 1.08. The van der Waals surface area contributed by atoms with E-state index in [2.05, 4.69) is 34.3 Å². The zero-order chi connectivity index (χ0) is 28.4. The molecule has 1 N–H and O–H groups in total. The number of ether oxygens (including phenoxy) is 4. The van der Waals surface area contributed by atoms with Crippen LogP contribution in [0.25, 0.3) is 11.0 Å². The second kappa shape index (κ2) is 10.2. The van der Waals surface area contributed by atoms with E-state index in [1.807, 2.05) is 20.0 Å². The minimum Gasteiger partial charge on any atom is -0.366 e. The summed E-state index contributed by atoms with van der Waals surface area (Å²) in [5, 5.41) is 13.5. The Hall–Kier alpha value is -2.31. The molecule has 3 fully saturated rings. The standard InChI is InChI=1S/C28H38N5O7P/c1-5-36-41(34,37-6-2)17-35-14-21-22-23(40-27(3,4)39-22)26(38-21)33-25-19(13-29-33)24(30-31-25)32-15-28(16-32)12-11-18-9-7-8-10-20(18)28/h7-10,13,21-23,26H,5-6,11-12,14-17H2,1-4H3,(H,30,31)/t21-,22+,23-,26-/m1/s1. The molecule has 1 spiro atoms. The first-order valence-electron chi connectivity index (χ1n) is 14.5. The predicted molar refractivity (Wildman–Crippen MR) is 150 cm³/mol. The molecular weight excluding hydrogens is 549 g/mol. The van der Waals surface area contributed by atoms with Gasteiger partial charge in [0.2, 0.25) is 0 Å². The quantitative estimate of drug-likeness (QED) is 0.347. The van der Waals surface area contributed by atoms with E-state index in [4.69, 9.17) is 38.2 Å². The fraction of sp³-hybridized carbons (Fsp3) is 0.643. The van der Waals surface area contributed by atoms with E-state index < -0.39 is 37.9 Å². The second-order valence-corrected chi connectivity index (χ2v) is 13.8. The zero-order valence-electron chi connectivity index (χ0n) is 23.9. The van der Waals surface area contributed by atoms with E-state index in [1.165, 1.54) is 17.5 Å². The van der Waals surface area contributed by atoms with E-state index in [1.54, 1.807) is 18.5 Å². The van der Waals surface area contributed by atoms with Gasteiger partial charge in [-0.3, -0.25) is 9.66 Å². The number of aryl methyl sites for hydroxylation is 1. The number of aromatic amines is 1. The van der Waals surface area contributed by atoms with Gasteiger partial charge in [0, 0.05) is 18.5 Å². The van der Waals surface area contributed by atoms with E-state index >= 15 is 0 Å². The molecule has 12 nitrogen and oxygen atoms in total. The van der Waals surface area contributed by atoms with Crippen LogP contribution >= 0.6 is 7.60 Å². The van der Waals surface area contributed by atoms with Gasteiger partial charge in [0.05, 0.1) is 31.4 Å². The third-order valence-corrected chi connectivity index (χ3v) is 10.4. The van der Waals surface area contributed by atoms with Crippen LogP contribution < -0.4 is 4.90 Å². The third kappa shape index (κ3) is 4.64. The number of fused-ring (bicyclic) bond motifs is 4. The first kappa shape index (κ1) is 27.5. The second-order valence-electron chi connectivity index (χ2n) is 11.8. The number of nitrogens with one attached hydrogen (secondary N) is 1. The SMILES string of the molecule is CCOP(=O)(COC[C@H]1O[C@@H](n2ncc3c(N4CC5(CCc6ccccc65)C4)n[nH]c32)[C@@H]2OC(C)(C)O[C@H]21)OCC. The van der Waals surface area contributed by atoms with Crippen molar-refractivity contribution in [2.24, 2.45) is 0 Å². The van der Waals surface area contributed by atoms with Crippen molar-refractivity contribution < 1.29 is 32.6 Å². The molecule has 1 aliphatic carbocycles. The molecule has 5 heterocycles. The number of aromatic nitrogens is 4. The Morgan fingerprint density at radius 3 is 2.66 bits per heavy atom. The largest absolute Gasteiger partial charge is 0.366 e. The Morgan fingerprint density at radius 2 is 1.88 bits per heavy atom. The average molecular weight is 588 g/mol. The van der Waals surface area contributed by atoms with Crippen LogP contribution in [-0.2, 0) is 44.4 Å². The fourth-order valence-corrected chi connectivity index (χ4v) is 8.28. The van der Waals surface area contributed by atoms with Crippen LogP contribution in [0.1, 0.15) is 51.5 Å². The van der Waals surface area contributed by atoms with Crippen LogP contribution in [-0.4, -0.2) is 83.3 Å². The summed E-state index contributed by atoms with van der Waals surface area (Å²) in [4.78, 5) is 2.33. The molecule has 4 atom stereocenters. The molecule has 3 aliphatic heterocycles. The van der Waals surface area contributed by atoms with Crippen LogP contribution in [0.4, 0.5) is 5.82 Å². The Labute approximate surface area is 239 Å². The number of hydrogen-bond donors (Lipinski definition) is 1. The van der Waals surface area contributed by atoms with Gasteiger partial charge in [-0.1, -0.05) is 24.3 Å². The zero-order valence-corrected chi connectivity index (χ0v) is 24.8. The summed E-state index contributed by atoms with van der Waals surface area (Å²) in [5.41, 5.74) is 3.93. The number of nitrogens with zero attached hydrogens (tertiary/aromatic N) is 4. The van der Waals surface area contributed by atoms with Crippen molar-refractivity contribution in [2.45, 2.75) is 76.3 Å².